The molecule has 3 aromatic carbocycles. The largest absolute Gasteiger partial charge is 0.449 e. The molecular formula is C24H15ClF3N3O4. The van der Waals surface area contributed by atoms with Gasteiger partial charge in [-0.3, -0.25) is 14.9 Å². The molecular weight excluding hydrogens is 487 g/mol. The zero-order valence-electron chi connectivity index (χ0n) is 17.9. The van der Waals surface area contributed by atoms with Gasteiger partial charge in [-0.15, -0.1) is 0 Å². The second-order valence-electron chi connectivity index (χ2n) is 7.21. The van der Waals surface area contributed by atoms with Crippen LogP contribution in [0.15, 0.2) is 66.2 Å². The zero-order chi connectivity index (χ0) is 25.8. The first-order chi connectivity index (χ1) is 16.5. The number of rotatable bonds is 6. The average molecular weight is 502 g/mol. The van der Waals surface area contributed by atoms with Crippen LogP contribution in [0, 0.1) is 28.4 Å². The summed E-state index contributed by atoms with van der Waals surface area (Å²) >= 11 is 6.02. The summed E-state index contributed by atoms with van der Waals surface area (Å²) in [6.07, 6.45) is -3.63. The second kappa shape index (κ2) is 10.3. The number of ether oxygens (including phenoxy) is 1. The number of hydrogen-bond donors (Lipinski definition) is 1. The molecule has 0 aliphatic heterocycles. The van der Waals surface area contributed by atoms with Crippen LogP contribution in [0.1, 0.15) is 16.7 Å². The molecule has 0 fully saturated rings. The maximum Gasteiger partial charge on any atom is 0.416 e. The predicted octanol–water partition coefficient (Wildman–Crippen LogP) is 6.91. The Kier molecular flexibility index (Phi) is 7.42. The summed E-state index contributed by atoms with van der Waals surface area (Å²) in [6, 6.07) is 14.4. The number of nitriles is 1. The van der Waals surface area contributed by atoms with Crippen molar-refractivity contribution in [2.75, 3.05) is 5.32 Å². The van der Waals surface area contributed by atoms with Crippen molar-refractivity contribution in [1.29, 1.82) is 5.26 Å². The Morgan fingerprint density at radius 1 is 1.11 bits per heavy atom. The molecule has 0 bridgehead atoms. The van der Waals surface area contributed by atoms with Gasteiger partial charge in [0.2, 0.25) is 5.75 Å². The fourth-order valence-corrected chi connectivity index (χ4v) is 3.09. The predicted molar refractivity (Wildman–Crippen MR) is 123 cm³/mol. The molecule has 0 atom stereocenters. The smallest absolute Gasteiger partial charge is 0.416 e. The lowest BCUT2D eigenvalue weighted by atomic mass is 10.1. The summed E-state index contributed by atoms with van der Waals surface area (Å²) in [5, 5.41) is 23.6. The Hall–Kier alpha value is -4.36. The van der Waals surface area contributed by atoms with E-state index in [4.69, 9.17) is 16.3 Å². The number of benzene rings is 3. The minimum Gasteiger partial charge on any atom is -0.449 e. The fraction of sp³-hybridized carbons (Fsp3) is 0.0833. The standard InChI is InChI=1S/C24H15ClF3N3O4/c1-14-2-6-19(7-3-14)30-23(32)16(13-29)10-15-11-18(25)5-9-21(15)35-22-8-4-17(24(26,27)28)12-20(22)31(33)34/h2-12H,1H3,(H,30,32)/b16-10+. The molecule has 0 radical (unpaired) electrons. The molecule has 11 heteroatoms. The normalized spacial score (nSPS) is 11.5. The van der Waals surface area contributed by atoms with Gasteiger partial charge in [0.05, 0.1) is 10.5 Å². The van der Waals surface area contributed by atoms with E-state index >= 15 is 0 Å². The van der Waals surface area contributed by atoms with Crippen LogP contribution in [-0.2, 0) is 11.0 Å². The molecule has 0 saturated heterocycles. The number of nitrogens with one attached hydrogen (secondary N) is 1. The number of amides is 1. The van der Waals surface area contributed by atoms with Crippen LogP contribution >= 0.6 is 11.6 Å². The highest BCUT2D eigenvalue weighted by Gasteiger charge is 2.33. The summed E-state index contributed by atoms with van der Waals surface area (Å²) < 4.78 is 44.5. The van der Waals surface area contributed by atoms with Crippen LogP contribution in [0.4, 0.5) is 24.5 Å². The molecule has 0 heterocycles. The summed E-state index contributed by atoms with van der Waals surface area (Å²) in [5.74, 6) is -1.28. The first kappa shape index (κ1) is 25.3. The molecule has 3 aromatic rings. The molecule has 1 N–H and O–H groups in total. The highest BCUT2D eigenvalue weighted by Crippen LogP contribution is 2.39. The number of hydrogen-bond acceptors (Lipinski definition) is 5. The highest BCUT2D eigenvalue weighted by atomic mass is 35.5. The monoisotopic (exact) mass is 501 g/mol. The second-order valence-corrected chi connectivity index (χ2v) is 7.65. The number of halogens is 4. The number of nitro benzene ring substituents is 1. The maximum atomic E-state index is 13.0. The molecule has 3 rings (SSSR count). The van der Waals surface area contributed by atoms with Crippen molar-refractivity contribution in [1.82, 2.24) is 0 Å². The Labute approximate surface area is 202 Å². The van der Waals surface area contributed by atoms with E-state index in [1.54, 1.807) is 30.3 Å². The Morgan fingerprint density at radius 2 is 1.77 bits per heavy atom. The first-order valence-corrected chi connectivity index (χ1v) is 10.2. The van der Waals surface area contributed by atoms with Crippen LogP contribution in [-0.4, -0.2) is 10.8 Å². The van der Waals surface area contributed by atoms with Gasteiger partial charge < -0.3 is 10.1 Å². The average Bonchev–Trinajstić information content (AvgIpc) is 2.79. The highest BCUT2D eigenvalue weighted by molar-refractivity contribution is 6.30. The lowest BCUT2D eigenvalue weighted by Crippen LogP contribution is -2.13. The molecule has 0 saturated carbocycles. The third-order valence-electron chi connectivity index (χ3n) is 4.65. The van der Waals surface area contributed by atoms with Crippen LogP contribution < -0.4 is 10.1 Å². The number of aryl methyl sites for hydroxylation is 1. The number of carbonyl (C=O) groups is 1. The van der Waals surface area contributed by atoms with E-state index in [9.17, 15) is 33.3 Å². The van der Waals surface area contributed by atoms with Gasteiger partial charge in [0, 0.05) is 22.3 Å². The SMILES string of the molecule is Cc1ccc(NC(=O)/C(C#N)=C/c2cc(Cl)ccc2Oc2ccc(C(F)(F)F)cc2[N+](=O)[O-])cc1. The summed E-state index contributed by atoms with van der Waals surface area (Å²) in [5.41, 5.74) is -0.946. The lowest BCUT2D eigenvalue weighted by Gasteiger charge is -2.12. The van der Waals surface area contributed by atoms with Crippen LogP contribution in [0.2, 0.25) is 5.02 Å². The van der Waals surface area contributed by atoms with Gasteiger partial charge in [-0.05, 0) is 55.5 Å². The third-order valence-corrected chi connectivity index (χ3v) is 4.88. The molecule has 0 aliphatic carbocycles. The van der Waals surface area contributed by atoms with Crippen molar-refractivity contribution in [3.63, 3.8) is 0 Å². The minimum absolute atomic E-state index is 0.0758. The molecule has 0 aromatic heterocycles. The fourth-order valence-electron chi connectivity index (χ4n) is 2.91. The quantitative estimate of drug-likeness (QED) is 0.171. The van der Waals surface area contributed by atoms with Crippen molar-refractivity contribution < 1.29 is 27.6 Å². The van der Waals surface area contributed by atoms with Gasteiger partial charge in [-0.1, -0.05) is 29.3 Å². The third kappa shape index (κ3) is 6.37. The number of anilines is 1. The zero-order valence-corrected chi connectivity index (χ0v) is 18.6. The van der Waals surface area contributed by atoms with E-state index in [1.807, 2.05) is 6.92 Å². The molecule has 0 aliphatic rings. The van der Waals surface area contributed by atoms with Crippen molar-refractivity contribution in [2.45, 2.75) is 13.1 Å². The molecule has 178 valence electrons. The number of alkyl halides is 3. The van der Waals surface area contributed by atoms with Crippen LogP contribution in [0.3, 0.4) is 0 Å². The van der Waals surface area contributed by atoms with Crippen LogP contribution in [0.5, 0.6) is 11.5 Å². The summed E-state index contributed by atoms with van der Waals surface area (Å²) in [7, 11) is 0. The van der Waals surface area contributed by atoms with Gasteiger partial charge in [0.15, 0.2) is 0 Å². The Balaban J connectivity index is 1.98. The topological polar surface area (TPSA) is 105 Å². The van der Waals surface area contributed by atoms with Gasteiger partial charge in [-0.2, -0.15) is 18.4 Å². The van der Waals surface area contributed by atoms with E-state index in [2.05, 4.69) is 5.32 Å². The molecule has 1 amide bonds. The molecule has 7 nitrogen and oxygen atoms in total. The number of nitrogens with zero attached hydrogens (tertiary/aromatic N) is 2. The van der Waals surface area contributed by atoms with Crippen LogP contribution in [0.25, 0.3) is 6.08 Å². The maximum absolute atomic E-state index is 13.0. The van der Waals surface area contributed by atoms with E-state index in [0.717, 1.165) is 17.7 Å². The van der Waals surface area contributed by atoms with E-state index < -0.39 is 34.0 Å². The molecule has 0 unspecified atom stereocenters. The van der Waals surface area contributed by atoms with Crippen molar-refractivity contribution in [3.8, 4) is 17.6 Å². The van der Waals surface area contributed by atoms with E-state index in [0.29, 0.717) is 17.8 Å². The Morgan fingerprint density at radius 3 is 2.37 bits per heavy atom. The Bertz CT molecular complexity index is 1360. The van der Waals surface area contributed by atoms with Crippen molar-refractivity contribution in [2.24, 2.45) is 0 Å². The molecule has 0 spiro atoms. The first-order valence-electron chi connectivity index (χ1n) is 9.81. The van der Waals surface area contributed by atoms with Gasteiger partial charge in [0.25, 0.3) is 5.91 Å². The lowest BCUT2D eigenvalue weighted by molar-refractivity contribution is -0.385. The van der Waals surface area contributed by atoms with Gasteiger partial charge >= 0.3 is 11.9 Å². The van der Waals surface area contributed by atoms with Crippen molar-refractivity contribution in [3.05, 3.63) is 98.1 Å². The van der Waals surface area contributed by atoms with Gasteiger partial charge in [0.1, 0.15) is 17.4 Å². The summed E-state index contributed by atoms with van der Waals surface area (Å²) in [4.78, 5) is 23.0. The number of nitro groups is 1. The summed E-state index contributed by atoms with van der Waals surface area (Å²) in [6.45, 7) is 1.87. The minimum atomic E-state index is -4.79. The van der Waals surface area contributed by atoms with E-state index in [1.165, 1.54) is 18.2 Å². The van der Waals surface area contributed by atoms with Crippen molar-refractivity contribution >= 4 is 35.0 Å². The number of carbonyl (C=O) groups excluding carboxylic acids is 1. The molecule has 35 heavy (non-hydrogen) atoms. The van der Waals surface area contributed by atoms with E-state index in [-0.39, 0.29) is 21.9 Å². The van der Waals surface area contributed by atoms with Gasteiger partial charge in [-0.25, -0.2) is 0 Å².